The van der Waals surface area contributed by atoms with Crippen molar-refractivity contribution in [3.8, 4) is 0 Å². The Morgan fingerprint density at radius 2 is 1.65 bits per heavy atom. The summed E-state index contributed by atoms with van der Waals surface area (Å²) in [5, 5.41) is 0. The summed E-state index contributed by atoms with van der Waals surface area (Å²) in [4.78, 5) is 4.19. The molecule has 122 valence electrons. The molecule has 1 unspecified atom stereocenters. The molecule has 1 nitrogen and oxygen atoms in total. The van der Waals surface area contributed by atoms with E-state index in [0.29, 0.717) is 0 Å². The van der Waals surface area contributed by atoms with Crippen LogP contribution in [0.25, 0.3) is 0 Å². The van der Waals surface area contributed by atoms with E-state index in [1.54, 1.807) is 0 Å². The monoisotopic (exact) mass is 307 g/mol. The van der Waals surface area contributed by atoms with Crippen LogP contribution >= 0.6 is 0 Å². The third-order valence-electron chi connectivity index (χ3n) is 4.94. The minimum Gasteiger partial charge on any atom is -0.297 e. The Kier molecular flexibility index (Phi) is 5.09. The molecule has 0 aliphatic heterocycles. The van der Waals surface area contributed by atoms with Gasteiger partial charge < -0.3 is 0 Å². The summed E-state index contributed by atoms with van der Waals surface area (Å²) in [5.74, 6) is 0. The fourth-order valence-electron chi connectivity index (χ4n) is 3.85. The molecule has 1 fully saturated rings. The van der Waals surface area contributed by atoms with Gasteiger partial charge in [-0.1, -0.05) is 68.8 Å². The number of hydrogen-bond acceptors (Lipinski definition) is 1. The predicted octanol–water partition coefficient (Wildman–Crippen LogP) is 5.81. The van der Waals surface area contributed by atoms with Crippen LogP contribution in [0.2, 0.25) is 0 Å². The Balaban J connectivity index is 2.64. The largest absolute Gasteiger partial charge is 0.297 e. The van der Waals surface area contributed by atoms with Crippen molar-refractivity contribution in [2.75, 3.05) is 7.05 Å². The molecule has 0 aromatic heterocycles. The van der Waals surface area contributed by atoms with E-state index in [4.69, 9.17) is 0 Å². The number of benzene rings is 1. The third kappa shape index (κ3) is 3.39. The summed E-state index contributed by atoms with van der Waals surface area (Å²) >= 11 is 0. The van der Waals surface area contributed by atoms with E-state index >= 15 is 0 Å². The van der Waals surface area contributed by atoms with Crippen LogP contribution in [0.5, 0.6) is 0 Å². The summed E-state index contributed by atoms with van der Waals surface area (Å²) in [6, 6.07) is 8.99. The molecule has 1 saturated carbocycles. The number of aryl methyl sites for hydroxylation is 1. The summed E-state index contributed by atoms with van der Waals surface area (Å²) < 4.78 is 0. The first kappa shape index (κ1) is 17.5. The lowest BCUT2D eigenvalue weighted by Gasteiger charge is -2.28. The molecule has 1 aliphatic carbocycles. The van der Waals surface area contributed by atoms with E-state index in [2.05, 4.69) is 88.2 Å². The molecule has 1 aromatic rings. The van der Waals surface area contributed by atoms with Crippen LogP contribution in [0.3, 0.4) is 0 Å². The number of nitrogens with zero attached hydrogens (tertiary/aromatic N) is 1. The van der Waals surface area contributed by atoms with Gasteiger partial charge in [-0.05, 0) is 48.5 Å². The third-order valence-corrected chi connectivity index (χ3v) is 4.94. The molecule has 0 N–H and O–H groups in total. The van der Waals surface area contributed by atoms with Crippen molar-refractivity contribution in [3.05, 3.63) is 70.8 Å². The lowest BCUT2D eigenvalue weighted by Crippen LogP contribution is -2.21. The molecule has 1 aromatic carbocycles. The molecule has 1 heteroatoms. The standard InChI is InChI=1S/C22H29N/c1-7-8-9-19-20(14-15-23-6)22(5,16-21(19,3)4)18-12-10-17(2)11-13-18/h7-15H,16H2,1-6H3/b8-7+,19-9+,20-14+,23-15?. The molecule has 2 rings (SSSR count). The second kappa shape index (κ2) is 6.70. The van der Waals surface area contributed by atoms with Gasteiger partial charge in [0.25, 0.3) is 0 Å². The highest BCUT2D eigenvalue weighted by molar-refractivity contribution is 5.76. The number of allylic oxidation sites excluding steroid dienone is 6. The Morgan fingerprint density at radius 1 is 1.00 bits per heavy atom. The molecule has 1 atom stereocenters. The Hall–Kier alpha value is -1.89. The fraction of sp³-hybridized carbons (Fsp3) is 0.409. The predicted molar refractivity (Wildman–Crippen MR) is 102 cm³/mol. The van der Waals surface area contributed by atoms with Gasteiger partial charge in [0.05, 0.1) is 0 Å². The van der Waals surface area contributed by atoms with Crippen molar-refractivity contribution >= 4 is 6.21 Å². The Labute approximate surface area is 141 Å². The SMILES string of the molecule is C/C=C/C=C1\C(=C/C=NC)C(C)(c2ccc(C)cc2)CC1(C)C. The van der Waals surface area contributed by atoms with Gasteiger partial charge >= 0.3 is 0 Å². The average Bonchev–Trinajstić information content (AvgIpc) is 2.69. The molecule has 0 bridgehead atoms. The fourth-order valence-corrected chi connectivity index (χ4v) is 3.85. The van der Waals surface area contributed by atoms with Crippen LogP contribution in [0.15, 0.2) is 64.7 Å². The first-order valence-electron chi connectivity index (χ1n) is 8.39. The zero-order chi connectivity index (χ0) is 17.1. The first-order valence-corrected chi connectivity index (χ1v) is 8.39. The van der Waals surface area contributed by atoms with E-state index in [1.165, 1.54) is 22.3 Å². The van der Waals surface area contributed by atoms with Gasteiger partial charge in [-0.3, -0.25) is 4.99 Å². The minimum absolute atomic E-state index is 0.0196. The molecular formula is C22H29N. The van der Waals surface area contributed by atoms with Crippen molar-refractivity contribution in [1.82, 2.24) is 0 Å². The van der Waals surface area contributed by atoms with E-state index in [1.807, 2.05) is 13.3 Å². The average molecular weight is 307 g/mol. The van der Waals surface area contributed by atoms with E-state index in [0.717, 1.165) is 6.42 Å². The highest BCUT2D eigenvalue weighted by Gasteiger charge is 2.47. The van der Waals surface area contributed by atoms with Crippen LogP contribution in [0, 0.1) is 12.3 Å². The van der Waals surface area contributed by atoms with Crippen molar-refractivity contribution in [1.29, 1.82) is 0 Å². The molecule has 1 aliphatic rings. The van der Waals surface area contributed by atoms with Crippen molar-refractivity contribution in [3.63, 3.8) is 0 Å². The summed E-state index contributed by atoms with van der Waals surface area (Å²) in [6.45, 7) is 11.3. The molecule has 0 saturated heterocycles. The normalized spacial score (nSPS) is 27.7. The van der Waals surface area contributed by atoms with Gasteiger partial charge in [-0.15, -0.1) is 0 Å². The number of rotatable bonds is 3. The van der Waals surface area contributed by atoms with Crippen LogP contribution in [-0.2, 0) is 5.41 Å². The van der Waals surface area contributed by atoms with Gasteiger partial charge in [-0.25, -0.2) is 0 Å². The lowest BCUT2D eigenvalue weighted by atomic mass is 9.75. The molecular weight excluding hydrogens is 278 g/mol. The smallest absolute Gasteiger partial charge is 0.0277 e. The maximum Gasteiger partial charge on any atom is 0.0277 e. The molecule has 23 heavy (non-hydrogen) atoms. The molecule has 0 amide bonds. The zero-order valence-corrected chi connectivity index (χ0v) is 15.4. The number of hydrogen-bond donors (Lipinski definition) is 0. The van der Waals surface area contributed by atoms with Crippen LogP contribution in [0.1, 0.15) is 45.2 Å². The van der Waals surface area contributed by atoms with E-state index in [9.17, 15) is 0 Å². The van der Waals surface area contributed by atoms with Gasteiger partial charge in [0.2, 0.25) is 0 Å². The van der Waals surface area contributed by atoms with Crippen LogP contribution in [0.4, 0.5) is 0 Å². The summed E-state index contributed by atoms with van der Waals surface area (Å²) in [6.07, 6.45) is 11.7. The maximum atomic E-state index is 4.19. The van der Waals surface area contributed by atoms with E-state index < -0.39 is 0 Å². The second-order valence-corrected chi connectivity index (χ2v) is 7.35. The van der Waals surface area contributed by atoms with Crippen molar-refractivity contribution < 1.29 is 0 Å². The van der Waals surface area contributed by atoms with E-state index in [-0.39, 0.29) is 10.8 Å². The summed E-state index contributed by atoms with van der Waals surface area (Å²) in [7, 11) is 1.83. The summed E-state index contributed by atoms with van der Waals surface area (Å²) in [5.41, 5.74) is 5.66. The molecule has 0 heterocycles. The maximum absolute atomic E-state index is 4.19. The van der Waals surface area contributed by atoms with Crippen LogP contribution in [-0.4, -0.2) is 13.3 Å². The van der Waals surface area contributed by atoms with Gasteiger partial charge in [0, 0.05) is 18.7 Å². The lowest BCUT2D eigenvalue weighted by molar-refractivity contribution is 0.389. The van der Waals surface area contributed by atoms with Crippen molar-refractivity contribution in [2.45, 2.75) is 46.5 Å². The quantitative estimate of drug-likeness (QED) is 0.625. The van der Waals surface area contributed by atoms with Crippen LogP contribution < -0.4 is 0 Å². The topological polar surface area (TPSA) is 12.4 Å². The zero-order valence-electron chi connectivity index (χ0n) is 15.4. The number of aliphatic imine (C=N–C) groups is 1. The molecule has 0 spiro atoms. The first-order chi connectivity index (χ1) is 10.8. The minimum atomic E-state index is 0.0196. The Bertz CT molecular complexity index is 668. The van der Waals surface area contributed by atoms with Gasteiger partial charge in [-0.2, -0.15) is 0 Å². The van der Waals surface area contributed by atoms with Crippen molar-refractivity contribution in [2.24, 2.45) is 10.4 Å². The second-order valence-electron chi connectivity index (χ2n) is 7.35. The Morgan fingerprint density at radius 3 is 2.22 bits per heavy atom. The van der Waals surface area contributed by atoms with Gasteiger partial charge in [0.15, 0.2) is 0 Å². The highest BCUT2D eigenvalue weighted by Crippen LogP contribution is 2.57. The molecule has 0 radical (unpaired) electrons. The highest BCUT2D eigenvalue weighted by atomic mass is 14.6. The van der Waals surface area contributed by atoms with Gasteiger partial charge in [0.1, 0.15) is 0 Å².